The van der Waals surface area contributed by atoms with Crippen molar-refractivity contribution in [2.45, 2.75) is 19.9 Å². The lowest BCUT2D eigenvalue weighted by Crippen LogP contribution is -2.12. The number of hydroxylamine groups is 1. The van der Waals surface area contributed by atoms with E-state index in [1.165, 1.54) is 11.3 Å². The Morgan fingerprint density at radius 2 is 2.29 bits per heavy atom. The molecule has 2 N–H and O–H groups in total. The zero-order chi connectivity index (χ0) is 10.4. The molecule has 1 rings (SSSR count). The zero-order valence-electron chi connectivity index (χ0n) is 7.95. The van der Waals surface area contributed by atoms with Crippen molar-refractivity contribution in [2.24, 2.45) is 0 Å². The van der Waals surface area contributed by atoms with E-state index in [1.807, 2.05) is 19.1 Å². The van der Waals surface area contributed by atoms with Crippen molar-refractivity contribution >= 4 is 17.3 Å². The Kier molecular flexibility index (Phi) is 4.58. The first-order valence-corrected chi connectivity index (χ1v) is 5.18. The van der Waals surface area contributed by atoms with E-state index in [0.29, 0.717) is 13.2 Å². The summed E-state index contributed by atoms with van der Waals surface area (Å²) < 4.78 is 0. The Morgan fingerprint density at radius 1 is 1.57 bits per heavy atom. The highest BCUT2D eigenvalue weighted by Gasteiger charge is 2.03. The summed E-state index contributed by atoms with van der Waals surface area (Å²) in [6, 6.07) is 3.75. The van der Waals surface area contributed by atoms with Gasteiger partial charge < -0.3 is 9.94 Å². The fraction of sp³-hybridized carbons (Fsp3) is 0.444. The van der Waals surface area contributed by atoms with Gasteiger partial charge in [-0.3, -0.25) is 4.79 Å². The first-order valence-electron chi connectivity index (χ1n) is 4.36. The Morgan fingerprint density at radius 3 is 2.93 bits per heavy atom. The van der Waals surface area contributed by atoms with Crippen molar-refractivity contribution in [3.05, 3.63) is 21.9 Å². The summed E-state index contributed by atoms with van der Waals surface area (Å²) in [6.45, 7) is 3.14. The molecule has 4 nitrogen and oxygen atoms in total. The van der Waals surface area contributed by atoms with E-state index in [4.69, 9.17) is 9.94 Å². The third-order valence-corrected chi connectivity index (χ3v) is 2.62. The van der Waals surface area contributed by atoms with Crippen LogP contribution in [0.5, 0.6) is 0 Å². The van der Waals surface area contributed by atoms with Crippen molar-refractivity contribution in [3.63, 3.8) is 0 Å². The number of carboxylic acids is 1. The number of thiophene rings is 1. The van der Waals surface area contributed by atoms with Gasteiger partial charge in [-0.25, -0.2) is 0 Å². The van der Waals surface area contributed by atoms with Crippen molar-refractivity contribution in [3.8, 4) is 0 Å². The SMILES string of the molecule is CCONCc1ccc(CC(=O)O)s1. The molecule has 0 radical (unpaired) electrons. The lowest BCUT2D eigenvalue weighted by molar-refractivity contribution is -0.136. The second-order valence-corrected chi connectivity index (χ2v) is 3.95. The number of hydrogen-bond acceptors (Lipinski definition) is 4. The second-order valence-electron chi connectivity index (χ2n) is 2.69. The van der Waals surface area contributed by atoms with E-state index in [2.05, 4.69) is 5.48 Å². The molecule has 0 bridgehead atoms. The highest BCUT2D eigenvalue weighted by molar-refractivity contribution is 7.12. The molecule has 0 aliphatic heterocycles. The molecule has 1 heterocycles. The van der Waals surface area contributed by atoms with E-state index < -0.39 is 5.97 Å². The first-order chi connectivity index (χ1) is 6.72. The maximum atomic E-state index is 10.4. The van der Waals surface area contributed by atoms with Gasteiger partial charge in [0.2, 0.25) is 0 Å². The lowest BCUT2D eigenvalue weighted by atomic mass is 10.3. The molecule has 0 saturated heterocycles. The van der Waals surface area contributed by atoms with E-state index in [1.54, 1.807) is 0 Å². The quantitative estimate of drug-likeness (QED) is 0.556. The smallest absolute Gasteiger partial charge is 0.308 e. The van der Waals surface area contributed by atoms with Crippen LogP contribution in [0.4, 0.5) is 0 Å². The molecule has 0 aliphatic carbocycles. The summed E-state index contributed by atoms with van der Waals surface area (Å²) in [5.41, 5.74) is 2.78. The van der Waals surface area contributed by atoms with Crippen molar-refractivity contribution in [1.82, 2.24) is 5.48 Å². The number of nitrogens with one attached hydrogen (secondary N) is 1. The third-order valence-electron chi connectivity index (χ3n) is 1.54. The summed E-state index contributed by atoms with van der Waals surface area (Å²) in [4.78, 5) is 17.3. The van der Waals surface area contributed by atoms with Gasteiger partial charge in [-0.05, 0) is 19.1 Å². The normalized spacial score (nSPS) is 10.4. The second kappa shape index (κ2) is 5.74. The van der Waals surface area contributed by atoms with Crippen LogP contribution in [0.3, 0.4) is 0 Å². The van der Waals surface area contributed by atoms with Gasteiger partial charge in [0.15, 0.2) is 0 Å². The predicted octanol–water partition coefficient (Wildman–Crippen LogP) is 1.42. The van der Waals surface area contributed by atoms with Crippen LogP contribution in [0, 0.1) is 0 Å². The molecule has 0 saturated carbocycles. The van der Waals surface area contributed by atoms with Gasteiger partial charge in [0.25, 0.3) is 0 Å². The average Bonchev–Trinajstić information content (AvgIpc) is 2.52. The van der Waals surface area contributed by atoms with Gasteiger partial charge >= 0.3 is 5.97 Å². The molecule has 0 amide bonds. The highest BCUT2D eigenvalue weighted by atomic mass is 32.1. The molecule has 0 atom stereocenters. The van der Waals surface area contributed by atoms with Gasteiger partial charge in [-0.15, -0.1) is 11.3 Å². The van der Waals surface area contributed by atoms with Gasteiger partial charge in [0.05, 0.1) is 19.6 Å². The highest BCUT2D eigenvalue weighted by Crippen LogP contribution is 2.16. The van der Waals surface area contributed by atoms with E-state index in [9.17, 15) is 4.79 Å². The third kappa shape index (κ3) is 3.87. The first kappa shape index (κ1) is 11.2. The van der Waals surface area contributed by atoms with E-state index in [0.717, 1.165) is 9.75 Å². The van der Waals surface area contributed by atoms with Crippen LogP contribution >= 0.6 is 11.3 Å². The van der Waals surface area contributed by atoms with Crippen LogP contribution in [-0.2, 0) is 22.6 Å². The van der Waals surface area contributed by atoms with Gasteiger partial charge in [-0.2, -0.15) is 5.48 Å². The molecule has 0 spiro atoms. The summed E-state index contributed by atoms with van der Waals surface area (Å²) in [6.07, 6.45) is 0.0965. The van der Waals surface area contributed by atoms with Crippen molar-refractivity contribution in [1.29, 1.82) is 0 Å². The summed E-state index contributed by atoms with van der Waals surface area (Å²) in [5.74, 6) is -0.795. The Labute approximate surface area is 86.5 Å². The topological polar surface area (TPSA) is 58.6 Å². The minimum Gasteiger partial charge on any atom is -0.481 e. The van der Waals surface area contributed by atoms with Crippen LogP contribution < -0.4 is 5.48 Å². The molecule has 1 aromatic heterocycles. The van der Waals surface area contributed by atoms with Crippen LogP contribution in [0.2, 0.25) is 0 Å². The Balaban J connectivity index is 2.38. The van der Waals surface area contributed by atoms with Gasteiger partial charge in [0.1, 0.15) is 0 Å². The lowest BCUT2D eigenvalue weighted by Gasteiger charge is -1.99. The minimum absolute atomic E-state index is 0.0965. The zero-order valence-corrected chi connectivity index (χ0v) is 8.76. The monoisotopic (exact) mass is 215 g/mol. The molecular weight excluding hydrogens is 202 g/mol. The van der Waals surface area contributed by atoms with E-state index in [-0.39, 0.29) is 6.42 Å². The van der Waals surface area contributed by atoms with Crippen molar-refractivity contribution < 1.29 is 14.7 Å². The molecule has 0 unspecified atom stereocenters. The minimum atomic E-state index is -0.795. The Hall–Kier alpha value is -0.910. The summed E-state index contributed by atoms with van der Waals surface area (Å²) >= 11 is 1.49. The van der Waals surface area contributed by atoms with Crippen LogP contribution in [0.25, 0.3) is 0 Å². The van der Waals surface area contributed by atoms with Crippen LogP contribution in [-0.4, -0.2) is 17.7 Å². The summed E-state index contributed by atoms with van der Waals surface area (Å²) in [7, 11) is 0. The van der Waals surface area contributed by atoms with E-state index >= 15 is 0 Å². The summed E-state index contributed by atoms with van der Waals surface area (Å²) in [5, 5.41) is 8.56. The molecule has 0 fully saturated rings. The van der Waals surface area contributed by atoms with Crippen LogP contribution in [0.15, 0.2) is 12.1 Å². The van der Waals surface area contributed by atoms with Crippen LogP contribution in [0.1, 0.15) is 16.7 Å². The fourth-order valence-corrected chi connectivity index (χ4v) is 1.92. The number of aliphatic carboxylic acids is 1. The molecule has 78 valence electrons. The molecular formula is C9H13NO3S. The number of carbonyl (C=O) groups is 1. The molecule has 0 aliphatic rings. The average molecular weight is 215 g/mol. The van der Waals surface area contributed by atoms with Crippen molar-refractivity contribution in [2.75, 3.05) is 6.61 Å². The van der Waals surface area contributed by atoms with Gasteiger partial charge in [0, 0.05) is 9.75 Å². The standard InChI is InChI=1S/C9H13NO3S/c1-2-13-10-6-8-4-3-7(14-8)5-9(11)12/h3-4,10H,2,5-6H2,1H3,(H,11,12). The maximum Gasteiger partial charge on any atom is 0.308 e. The fourth-order valence-electron chi connectivity index (χ4n) is 0.986. The number of hydrogen-bond donors (Lipinski definition) is 2. The molecule has 1 aromatic rings. The predicted molar refractivity (Wildman–Crippen MR) is 54.1 cm³/mol. The number of rotatable bonds is 6. The Bertz CT molecular complexity index is 298. The maximum absolute atomic E-state index is 10.4. The largest absolute Gasteiger partial charge is 0.481 e. The number of carboxylic acid groups (broad SMARTS) is 1. The van der Waals surface area contributed by atoms with Gasteiger partial charge in [-0.1, -0.05) is 0 Å². The molecule has 0 aromatic carbocycles. The molecule has 14 heavy (non-hydrogen) atoms. The molecule has 5 heteroatoms.